The molecule has 0 N–H and O–H groups in total. The number of hydrogen-bond donors (Lipinski definition) is 1. The van der Waals surface area contributed by atoms with Gasteiger partial charge in [-0.15, -0.1) is 0 Å². The molecule has 0 aliphatic rings. The summed E-state index contributed by atoms with van der Waals surface area (Å²) in [5.74, 6) is -2.17. The van der Waals surface area contributed by atoms with E-state index in [4.69, 9.17) is 13.3 Å². The van der Waals surface area contributed by atoms with Crippen molar-refractivity contribution in [2.45, 2.75) is 33.2 Å². The smallest absolute Gasteiger partial charge is 0.455 e. The number of rotatable bonds is 6. The van der Waals surface area contributed by atoms with Crippen molar-refractivity contribution < 1.29 is 27.7 Å². The summed E-state index contributed by atoms with van der Waals surface area (Å²) < 4.78 is 14.9. The predicted molar refractivity (Wildman–Crippen MR) is 64.3 cm³/mol. The van der Waals surface area contributed by atoms with Crippen molar-refractivity contribution in [1.82, 2.24) is 0 Å². The second kappa shape index (κ2) is 7.33. The summed E-state index contributed by atoms with van der Waals surface area (Å²) in [6, 6.07) is 0.200. The largest absolute Gasteiger partial charge is 0.705 e. The highest BCUT2D eigenvalue weighted by Crippen LogP contribution is 2.19. The van der Waals surface area contributed by atoms with Crippen molar-refractivity contribution in [3.05, 3.63) is 0 Å². The Morgan fingerprint density at radius 3 is 1.82 bits per heavy atom. The highest BCUT2D eigenvalue weighted by atomic mass is 32.1. The fourth-order valence-electron chi connectivity index (χ4n) is 1.17. The second-order valence-electron chi connectivity index (χ2n) is 3.25. The molecule has 0 amide bonds. The van der Waals surface area contributed by atoms with Crippen molar-refractivity contribution in [3.8, 4) is 0 Å². The van der Waals surface area contributed by atoms with Gasteiger partial charge in [-0.3, -0.25) is 14.4 Å². The van der Waals surface area contributed by atoms with Crippen LogP contribution in [0.3, 0.4) is 0 Å². The van der Waals surface area contributed by atoms with Crippen LogP contribution in [-0.2, 0) is 27.7 Å². The van der Waals surface area contributed by atoms with Crippen LogP contribution in [0.4, 0.5) is 0 Å². The van der Waals surface area contributed by atoms with Crippen LogP contribution in [0.2, 0.25) is 6.04 Å². The topological polar surface area (TPSA) is 78.9 Å². The minimum absolute atomic E-state index is 0.180. The molecule has 0 aromatic carbocycles. The molecular weight excluding hydrogens is 264 g/mol. The van der Waals surface area contributed by atoms with Gasteiger partial charge in [0.1, 0.15) is 0 Å². The Hall–Kier alpha value is -1.02. The van der Waals surface area contributed by atoms with Gasteiger partial charge in [0.25, 0.3) is 11.9 Å². The highest BCUT2D eigenvalue weighted by Gasteiger charge is 2.51. The summed E-state index contributed by atoms with van der Waals surface area (Å²) in [7, 11) is -3.60. The molecule has 0 saturated carbocycles. The molecule has 0 rings (SSSR count). The summed E-state index contributed by atoms with van der Waals surface area (Å²) in [5, 5.41) is 0. The van der Waals surface area contributed by atoms with E-state index in [0.29, 0.717) is 6.42 Å². The molecule has 0 radical (unpaired) electrons. The molecule has 98 valence electrons. The van der Waals surface area contributed by atoms with E-state index in [-0.39, 0.29) is 11.8 Å². The van der Waals surface area contributed by atoms with Crippen molar-refractivity contribution in [2.75, 3.05) is 5.75 Å². The van der Waals surface area contributed by atoms with E-state index < -0.39 is 26.7 Å². The first-order valence-electron chi connectivity index (χ1n) is 5.07. The maximum atomic E-state index is 11.2. The Bertz CT molecular complexity index is 290. The molecule has 0 aromatic rings. The van der Waals surface area contributed by atoms with E-state index in [1.807, 2.05) is 0 Å². The fourth-order valence-corrected chi connectivity index (χ4v) is 3.69. The standard InChI is InChI=1S/C9H16O6SSi/c1-4-5-17(13-7(2)10,14-8(3)11)15-9(12)6-16/h16H,4-6H2,1-3H3. The summed E-state index contributed by atoms with van der Waals surface area (Å²) in [5.41, 5.74) is 0. The first-order valence-corrected chi connectivity index (χ1v) is 7.63. The van der Waals surface area contributed by atoms with E-state index in [1.165, 1.54) is 0 Å². The lowest BCUT2D eigenvalue weighted by Gasteiger charge is -2.26. The SMILES string of the molecule is CCC[Si](OC(C)=O)(OC(C)=O)OC(=O)CS. The first-order chi connectivity index (χ1) is 7.85. The van der Waals surface area contributed by atoms with E-state index >= 15 is 0 Å². The lowest BCUT2D eigenvalue weighted by atomic mass is 10.6. The molecule has 17 heavy (non-hydrogen) atoms. The van der Waals surface area contributed by atoms with Crippen LogP contribution < -0.4 is 0 Å². The molecule has 6 nitrogen and oxygen atoms in total. The fraction of sp³-hybridized carbons (Fsp3) is 0.667. The Kier molecular flexibility index (Phi) is 6.89. The minimum Gasteiger partial charge on any atom is -0.455 e. The monoisotopic (exact) mass is 280 g/mol. The number of carbonyl (C=O) groups excluding carboxylic acids is 3. The van der Waals surface area contributed by atoms with Crippen molar-refractivity contribution in [2.24, 2.45) is 0 Å². The van der Waals surface area contributed by atoms with Gasteiger partial charge in [0, 0.05) is 13.8 Å². The summed E-state index contributed by atoms with van der Waals surface area (Å²) in [6.07, 6.45) is 0.548. The first kappa shape index (κ1) is 16.0. The molecular formula is C9H16O6SSi. The van der Waals surface area contributed by atoms with E-state index in [0.717, 1.165) is 13.8 Å². The summed E-state index contributed by atoms with van der Waals surface area (Å²) in [6.45, 7) is 4.12. The van der Waals surface area contributed by atoms with Gasteiger partial charge >= 0.3 is 14.8 Å². The second-order valence-corrected chi connectivity index (χ2v) is 6.05. The van der Waals surface area contributed by atoms with E-state index in [1.54, 1.807) is 6.92 Å². The molecule has 0 saturated heterocycles. The molecule has 0 bridgehead atoms. The lowest BCUT2D eigenvalue weighted by molar-refractivity contribution is -0.147. The Balaban J connectivity index is 4.99. The molecule has 0 heterocycles. The number of hydrogen-bond acceptors (Lipinski definition) is 7. The maximum Gasteiger partial charge on any atom is 0.705 e. The molecule has 0 aliphatic heterocycles. The summed E-state index contributed by atoms with van der Waals surface area (Å²) in [4.78, 5) is 33.2. The molecule has 8 heteroatoms. The molecule has 0 unspecified atom stereocenters. The molecule has 0 aliphatic carbocycles. The number of thiol groups is 1. The van der Waals surface area contributed by atoms with Gasteiger partial charge in [-0.25, -0.2) is 0 Å². The zero-order valence-corrected chi connectivity index (χ0v) is 11.9. The van der Waals surface area contributed by atoms with Gasteiger partial charge in [-0.1, -0.05) is 6.92 Å². The highest BCUT2D eigenvalue weighted by molar-refractivity contribution is 7.81. The zero-order valence-electron chi connectivity index (χ0n) is 10.0. The van der Waals surface area contributed by atoms with Crippen LogP contribution >= 0.6 is 12.6 Å². The maximum absolute atomic E-state index is 11.2. The molecule has 0 atom stereocenters. The lowest BCUT2D eigenvalue weighted by Crippen LogP contribution is -2.49. The van der Waals surface area contributed by atoms with Crippen LogP contribution in [0.1, 0.15) is 27.2 Å². The van der Waals surface area contributed by atoms with Crippen LogP contribution in [0.5, 0.6) is 0 Å². The van der Waals surface area contributed by atoms with Crippen LogP contribution in [0.15, 0.2) is 0 Å². The van der Waals surface area contributed by atoms with Gasteiger partial charge in [0.2, 0.25) is 0 Å². The average molecular weight is 280 g/mol. The predicted octanol–water partition coefficient (Wildman–Crippen LogP) is 0.934. The third-order valence-electron chi connectivity index (χ3n) is 1.55. The third kappa shape index (κ3) is 6.32. The molecule has 0 spiro atoms. The Labute approximate surface area is 106 Å². The molecule has 0 fully saturated rings. The van der Waals surface area contributed by atoms with Gasteiger partial charge in [-0.2, -0.15) is 12.6 Å². The quantitative estimate of drug-likeness (QED) is 0.576. The number of carbonyl (C=O) groups is 3. The van der Waals surface area contributed by atoms with Crippen LogP contribution in [0, 0.1) is 0 Å². The van der Waals surface area contributed by atoms with Crippen LogP contribution in [-0.4, -0.2) is 32.5 Å². The average Bonchev–Trinajstić information content (AvgIpc) is 2.15. The Morgan fingerprint density at radius 1 is 1.06 bits per heavy atom. The van der Waals surface area contributed by atoms with E-state index in [9.17, 15) is 14.4 Å². The minimum atomic E-state index is -3.60. The van der Waals surface area contributed by atoms with E-state index in [2.05, 4.69) is 12.6 Å². The van der Waals surface area contributed by atoms with Gasteiger partial charge < -0.3 is 13.3 Å². The molecule has 0 aromatic heterocycles. The third-order valence-corrected chi connectivity index (χ3v) is 4.66. The zero-order chi connectivity index (χ0) is 13.5. The van der Waals surface area contributed by atoms with Crippen molar-refractivity contribution in [3.63, 3.8) is 0 Å². The Morgan fingerprint density at radius 2 is 1.53 bits per heavy atom. The van der Waals surface area contributed by atoms with Crippen LogP contribution in [0.25, 0.3) is 0 Å². The van der Waals surface area contributed by atoms with Gasteiger partial charge in [0.05, 0.1) is 11.8 Å². The van der Waals surface area contributed by atoms with Crippen molar-refractivity contribution >= 4 is 39.3 Å². The van der Waals surface area contributed by atoms with Gasteiger partial charge in [-0.05, 0) is 6.42 Å². The van der Waals surface area contributed by atoms with Crippen molar-refractivity contribution in [1.29, 1.82) is 0 Å². The summed E-state index contributed by atoms with van der Waals surface area (Å²) >= 11 is 3.74. The van der Waals surface area contributed by atoms with Gasteiger partial charge in [0.15, 0.2) is 0 Å². The normalized spacial score (nSPS) is 10.6.